The van der Waals surface area contributed by atoms with E-state index in [-0.39, 0.29) is 34.5 Å². The first kappa shape index (κ1) is 23.7. The van der Waals surface area contributed by atoms with E-state index in [1.165, 1.54) is 25.7 Å². The zero-order valence-electron chi connectivity index (χ0n) is 19.1. The van der Waals surface area contributed by atoms with Crippen LogP contribution in [-0.2, 0) is 12.7 Å². The van der Waals surface area contributed by atoms with Gasteiger partial charge in [-0.05, 0) is 17.7 Å². The maximum Gasteiger partial charge on any atom is 0.418 e. The van der Waals surface area contributed by atoms with Gasteiger partial charge in [-0.1, -0.05) is 30.3 Å². The summed E-state index contributed by atoms with van der Waals surface area (Å²) in [5.41, 5.74) is 5.41. The number of nitrogens with zero attached hydrogens (tertiary/aromatic N) is 7. The van der Waals surface area contributed by atoms with Crippen molar-refractivity contribution in [3.63, 3.8) is 0 Å². The average Bonchev–Trinajstić information content (AvgIpc) is 3.49. The number of carbonyl (C=O) groups excluding carboxylic acids is 1. The second kappa shape index (κ2) is 9.22. The number of nitrogens with two attached hydrogens (primary N) is 1. The van der Waals surface area contributed by atoms with E-state index in [2.05, 4.69) is 30.5 Å². The molecule has 0 fully saturated rings. The summed E-state index contributed by atoms with van der Waals surface area (Å²) in [5, 5.41) is 10.7. The number of alkyl halides is 3. The highest BCUT2D eigenvalue weighted by atomic mass is 19.4. The molecule has 0 aliphatic rings. The van der Waals surface area contributed by atoms with Gasteiger partial charge in [-0.25, -0.2) is 24.1 Å². The van der Waals surface area contributed by atoms with Crippen molar-refractivity contribution < 1.29 is 22.7 Å². The van der Waals surface area contributed by atoms with Crippen molar-refractivity contribution >= 4 is 23.2 Å². The van der Waals surface area contributed by atoms with E-state index < -0.39 is 23.2 Å². The number of ether oxygens (including phenoxy) is 1. The third kappa shape index (κ3) is 4.63. The lowest BCUT2D eigenvalue weighted by Gasteiger charge is -2.09. The number of pyridine rings is 1. The monoisotopic (exact) mass is 509 g/mol. The number of rotatable bonds is 6. The van der Waals surface area contributed by atoms with Gasteiger partial charge in [-0.2, -0.15) is 18.3 Å². The maximum atomic E-state index is 13.7. The number of amides is 1. The predicted molar refractivity (Wildman–Crippen MR) is 126 cm³/mol. The normalized spacial score (nSPS) is 11.6. The van der Waals surface area contributed by atoms with Gasteiger partial charge in [0.2, 0.25) is 11.8 Å². The summed E-state index contributed by atoms with van der Waals surface area (Å²) in [6.45, 7) is 0.442. The Hall–Kier alpha value is -5.01. The van der Waals surface area contributed by atoms with Gasteiger partial charge >= 0.3 is 6.18 Å². The Morgan fingerprint density at radius 2 is 1.92 bits per heavy atom. The predicted octanol–water partition coefficient (Wildman–Crippen LogP) is 3.29. The van der Waals surface area contributed by atoms with E-state index in [0.717, 1.165) is 22.5 Å². The molecule has 0 saturated carbocycles. The van der Waals surface area contributed by atoms with Crippen LogP contribution < -0.4 is 15.8 Å². The Morgan fingerprint density at radius 3 is 2.65 bits per heavy atom. The summed E-state index contributed by atoms with van der Waals surface area (Å²) in [6.07, 6.45) is -0.951. The summed E-state index contributed by atoms with van der Waals surface area (Å²) in [5.74, 6) is -1.03. The molecule has 14 heteroatoms. The molecule has 4 aromatic heterocycles. The lowest BCUT2D eigenvalue weighted by atomic mass is 10.1. The Morgan fingerprint density at radius 1 is 1.14 bits per heavy atom. The third-order valence-electron chi connectivity index (χ3n) is 5.42. The van der Waals surface area contributed by atoms with E-state index in [1.807, 2.05) is 30.3 Å². The lowest BCUT2D eigenvalue weighted by Crippen LogP contribution is -2.15. The third-order valence-corrected chi connectivity index (χ3v) is 5.42. The largest absolute Gasteiger partial charge is 0.480 e. The molecule has 1 aromatic carbocycles. The number of fused-ring (bicyclic) bond motifs is 1. The second-order valence-corrected chi connectivity index (χ2v) is 7.83. The maximum absolute atomic E-state index is 13.7. The highest BCUT2D eigenvalue weighted by Crippen LogP contribution is 2.39. The first-order chi connectivity index (χ1) is 17.7. The minimum Gasteiger partial charge on any atom is -0.480 e. The van der Waals surface area contributed by atoms with Gasteiger partial charge in [0.1, 0.15) is 23.7 Å². The summed E-state index contributed by atoms with van der Waals surface area (Å²) in [4.78, 5) is 24.9. The molecule has 0 aliphatic heterocycles. The summed E-state index contributed by atoms with van der Waals surface area (Å²) >= 11 is 0. The number of nitrogens with one attached hydrogen (secondary N) is 1. The highest BCUT2D eigenvalue weighted by molar-refractivity contribution is 6.05. The SMILES string of the molecule is COc1ncc(-c2cc(C(F)(F)F)c3c(N)ncnn23)cc1C(=O)Nc1ncn(Cc2ccccc2)n1. The Labute approximate surface area is 206 Å². The number of halogens is 3. The molecule has 0 unspecified atom stereocenters. The first-order valence-electron chi connectivity index (χ1n) is 10.7. The van der Waals surface area contributed by atoms with E-state index >= 15 is 0 Å². The van der Waals surface area contributed by atoms with Gasteiger partial charge < -0.3 is 10.5 Å². The van der Waals surface area contributed by atoms with Crippen molar-refractivity contribution in [2.75, 3.05) is 18.2 Å². The molecule has 0 spiro atoms. The number of nitrogen functional groups attached to an aromatic ring is 1. The van der Waals surface area contributed by atoms with Gasteiger partial charge in [0.25, 0.3) is 5.91 Å². The fraction of sp³-hybridized carbons (Fsp3) is 0.130. The second-order valence-electron chi connectivity index (χ2n) is 7.83. The summed E-state index contributed by atoms with van der Waals surface area (Å²) in [6, 6.07) is 11.8. The standard InChI is InChI=1S/C23H18F3N9O2/c1-37-21-15(20(36)32-22-30-12-34(33-22)10-13-5-3-2-4-6-13)7-14(9-28-21)17-8-16(23(24,25)26)18-19(27)29-11-31-35(17)18/h2-9,11-12H,10H2,1H3,(H2,27,29,31)(H,32,33,36). The zero-order valence-corrected chi connectivity index (χ0v) is 19.1. The number of carbonyl (C=O) groups is 1. The van der Waals surface area contributed by atoms with Gasteiger partial charge in [-0.3, -0.25) is 10.1 Å². The van der Waals surface area contributed by atoms with Crippen molar-refractivity contribution in [2.24, 2.45) is 0 Å². The molecule has 1 amide bonds. The fourth-order valence-electron chi connectivity index (χ4n) is 3.77. The van der Waals surface area contributed by atoms with Crippen molar-refractivity contribution in [2.45, 2.75) is 12.7 Å². The number of hydrogen-bond acceptors (Lipinski definition) is 8. The van der Waals surface area contributed by atoms with Crippen LogP contribution in [0.15, 0.2) is 61.3 Å². The minimum atomic E-state index is -4.72. The van der Waals surface area contributed by atoms with Crippen molar-refractivity contribution in [1.29, 1.82) is 0 Å². The van der Waals surface area contributed by atoms with Crippen LogP contribution in [0, 0.1) is 0 Å². The molecular weight excluding hydrogens is 491 g/mol. The van der Waals surface area contributed by atoms with Gasteiger partial charge in [-0.15, -0.1) is 5.10 Å². The summed E-state index contributed by atoms with van der Waals surface area (Å²) in [7, 11) is 1.31. The first-order valence-corrected chi connectivity index (χ1v) is 10.7. The van der Waals surface area contributed by atoms with Gasteiger partial charge in [0.15, 0.2) is 5.82 Å². The van der Waals surface area contributed by atoms with Crippen molar-refractivity contribution in [3.8, 4) is 17.1 Å². The Balaban J connectivity index is 1.48. The van der Waals surface area contributed by atoms with Crippen LogP contribution in [0.3, 0.4) is 0 Å². The van der Waals surface area contributed by atoms with E-state index in [4.69, 9.17) is 10.5 Å². The van der Waals surface area contributed by atoms with Crippen LogP contribution in [0.1, 0.15) is 21.5 Å². The minimum absolute atomic E-state index is 0.00546. The van der Waals surface area contributed by atoms with E-state index in [0.29, 0.717) is 6.54 Å². The van der Waals surface area contributed by atoms with E-state index in [9.17, 15) is 18.0 Å². The topological polar surface area (TPSA) is 138 Å². The molecule has 5 aromatic rings. The molecule has 0 bridgehead atoms. The van der Waals surface area contributed by atoms with Crippen LogP contribution in [0.2, 0.25) is 0 Å². The molecule has 3 N–H and O–H groups in total. The number of benzene rings is 1. The smallest absolute Gasteiger partial charge is 0.418 e. The van der Waals surface area contributed by atoms with Crippen LogP contribution in [0.4, 0.5) is 24.9 Å². The molecule has 5 rings (SSSR count). The zero-order chi connectivity index (χ0) is 26.2. The van der Waals surface area contributed by atoms with Crippen molar-refractivity contribution in [3.05, 3.63) is 78.0 Å². The molecule has 0 atom stereocenters. The molecule has 0 radical (unpaired) electrons. The number of anilines is 2. The molecule has 37 heavy (non-hydrogen) atoms. The quantitative estimate of drug-likeness (QED) is 0.356. The molecule has 0 saturated heterocycles. The van der Waals surface area contributed by atoms with Crippen LogP contribution in [-0.4, -0.2) is 47.4 Å². The fourth-order valence-corrected chi connectivity index (χ4v) is 3.77. The van der Waals surface area contributed by atoms with Crippen LogP contribution >= 0.6 is 0 Å². The Kier molecular flexibility index (Phi) is 5.91. The average molecular weight is 509 g/mol. The number of methoxy groups -OCH3 is 1. The van der Waals surface area contributed by atoms with Crippen molar-refractivity contribution in [1.82, 2.24) is 34.3 Å². The lowest BCUT2D eigenvalue weighted by molar-refractivity contribution is -0.136. The van der Waals surface area contributed by atoms with Gasteiger partial charge in [0, 0.05) is 11.8 Å². The van der Waals surface area contributed by atoms with Gasteiger partial charge in [0.05, 0.1) is 24.9 Å². The molecule has 4 heterocycles. The highest BCUT2D eigenvalue weighted by Gasteiger charge is 2.36. The molecule has 11 nitrogen and oxygen atoms in total. The van der Waals surface area contributed by atoms with Crippen LogP contribution in [0.5, 0.6) is 5.88 Å². The molecule has 0 aliphatic carbocycles. The number of hydrogen-bond donors (Lipinski definition) is 2. The summed E-state index contributed by atoms with van der Waals surface area (Å²) < 4.78 is 48.8. The Bertz CT molecular complexity index is 1600. The van der Waals surface area contributed by atoms with E-state index in [1.54, 1.807) is 4.68 Å². The molecular formula is C23H18F3N9O2. The molecule has 188 valence electrons. The number of aromatic nitrogens is 7. The van der Waals surface area contributed by atoms with Crippen LogP contribution in [0.25, 0.3) is 16.8 Å².